The molecule has 126 valence electrons. The number of rotatable bonds is 4. The standard InChI is InChI=1S/C17H25N3O3/c1-11(2)13-9-16(19-10-18-13)20-7-5-12(6-8-20)14-3-4-15(23-14)17(21)22/h9-12,14-15H,3-8H2,1-2H3,(H,21,22)/t14-,15+/m0/s1. The van der Waals surface area contributed by atoms with Crippen molar-refractivity contribution in [3.63, 3.8) is 0 Å². The van der Waals surface area contributed by atoms with Gasteiger partial charge < -0.3 is 14.7 Å². The smallest absolute Gasteiger partial charge is 0.332 e. The summed E-state index contributed by atoms with van der Waals surface area (Å²) in [5.41, 5.74) is 1.07. The van der Waals surface area contributed by atoms with Crippen LogP contribution in [0.5, 0.6) is 0 Å². The van der Waals surface area contributed by atoms with Crippen LogP contribution in [0.3, 0.4) is 0 Å². The Morgan fingerprint density at radius 3 is 2.61 bits per heavy atom. The summed E-state index contributed by atoms with van der Waals surface area (Å²) in [6.45, 7) is 6.15. The minimum Gasteiger partial charge on any atom is -0.479 e. The van der Waals surface area contributed by atoms with E-state index in [0.29, 0.717) is 18.3 Å². The van der Waals surface area contributed by atoms with Crippen molar-refractivity contribution in [1.29, 1.82) is 0 Å². The van der Waals surface area contributed by atoms with E-state index in [0.717, 1.165) is 43.9 Å². The molecule has 2 aliphatic rings. The van der Waals surface area contributed by atoms with Crippen LogP contribution < -0.4 is 4.90 Å². The zero-order chi connectivity index (χ0) is 16.4. The van der Waals surface area contributed by atoms with Crippen LogP contribution >= 0.6 is 0 Å². The highest BCUT2D eigenvalue weighted by molar-refractivity contribution is 5.72. The summed E-state index contributed by atoms with van der Waals surface area (Å²) < 4.78 is 5.71. The Labute approximate surface area is 136 Å². The van der Waals surface area contributed by atoms with Crippen molar-refractivity contribution < 1.29 is 14.6 Å². The lowest BCUT2D eigenvalue weighted by Crippen LogP contribution is -2.38. The maximum atomic E-state index is 11.0. The fourth-order valence-corrected chi connectivity index (χ4v) is 3.54. The van der Waals surface area contributed by atoms with Crippen LogP contribution in [0.4, 0.5) is 5.82 Å². The van der Waals surface area contributed by atoms with Gasteiger partial charge in [-0.25, -0.2) is 14.8 Å². The number of ether oxygens (including phenoxy) is 1. The van der Waals surface area contributed by atoms with Crippen LogP contribution in [-0.2, 0) is 9.53 Å². The Hall–Kier alpha value is -1.69. The minimum absolute atomic E-state index is 0.106. The molecule has 3 rings (SSSR count). The molecule has 3 heterocycles. The van der Waals surface area contributed by atoms with Gasteiger partial charge in [0.1, 0.15) is 12.1 Å². The van der Waals surface area contributed by atoms with E-state index in [-0.39, 0.29) is 6.10 Å². The predicted octanol–water partition coefficient (Wildman–Crippen LogP) is 2.45. The van der Waals surface area contributed by atoms with Crippen molar-refractivity contribution in [2.75, 3.05) is 18.0 Å². The molecule has 0 aromatic carbocycles. The molecular weight excluding hydrogens is 294 g/mol. The molecule has 6 nitrogen and oxygen atoms in total. The van der Waals surface area contributed by atoms with Gasteiger partial charge in [-0.05, 0) is 37.5 Å². The number of carbonyl (C=O) groups is 1. The first-order valence-corrected chi connectivity index (χ1v) is 8.49. The van der Waals surface area contributed by atoms with E-state index in [9.17, 15) is 4.79 Å². The molecule has 2 atom stereocenters. The fraction of sp³-hybridized carbons (Fsp3) is 0.706. The molecule has 0 amide bonds. The predicted molar refractivity (Wildman–Crippen MR) is 86.6 cm³/mol. The van der Waals surface area contributed by atoms with Crippen LogP contribution in [0.25, 0.3) is 0 Å². The number of carboxylic acid groups (broad SMARTS) is 1. The summed E-state index contributed by atoms with van der Waals surface area (Å²) in [4.78, 5) is 22.0. The third kappa shape index (κ3) is 3.63. The highest BCUT2D eigenvalue weighted by Gasteiger charge is 2.36. The Morgan fingerprint density at radius 2 is 2.00 bits per heavy atom. The lowest BCUT2D eigenvalue weighted by molar-refractivity contribution is -0.150. The summed E-state index contributed by atoms with van der Waals surface area (Å²) in [7, 11) is 0. The van der Waals surface area contributed by atoms with Gasteiger partial charge in [-0.3, -0.25) is 0 Å². The first kappa shape index (κ1) is 16.2. The zero-order valence-electron chi connectivity index (χ0n) is 13.8. The second-order valence-corrected chi connectivity index (χ2v) is 6.86. The maximum absolute atomic E-state index is 11.0. The lowest BCUT2D eigenvalue weighted by atomic mass is 9.89. The number of hydrogen-bond donors (Lipinski definition) is 1. The number of hydrogen-bond acceptors (Lipinski definition) is 5. The number of aliphatic carboxylic acids is 1. The molecule has 0 aliphatic carbocycles. The fourth-order valence-electron chi connectivity index (χ4n) is 3.54. The molecule has 23 heavy (non-hydrogen) atoms. The minimum atomic E-state index is -0.827. The first-order chi connectivity index (χ1) is 11.0. The summed E-state index contributed by atoms with van der Waals surface area (Å²) in [6, 6.07) is 2.08. The monoisotopic (exact) mass is 319 g/mol. The van der Waals surface area contributed by atoms with Crippen molar-refractivity contribution in [3.8, 4) is 0 Å². The second kappa shape index (κ2) is 6.83. The first-order valence-electron chi connectivity index (χ1n) is 8.49. The Kier molecular flexibility index (Phi) is 4.80. The van der Waals surface area contributed by atoms with Crippen LogP contribution in [-0.4, -0.2) is 46.3 Å². The van der Waals surface area contributed by atoms with E-state index in [1.54, 1.807) is 6.33 Å². The van der Waals surface area contributed by atoms with Gasteiger partial charge in [0.25, 0.3) is 0 Å². The van der Waals surface area contributed by atoms with Crippen LogP contribution in [0.2, 0.25) is 0 Å². The summed E-state index contributed by atoms with van der Waals surface area (Å²) in [6.07, 6.45) is 4.71. The van der Waals surface area contributed by atoms with E-state index in [1.807, 2.05) is 0 Å². The van der Waals surface area contributed by atoms with Crippen molar-refractivity contribution in [3.05, 3.63) is 18.1 Å². The van der Waals surface area contributed by atoms with Crippen molar-refractivity contribution in [2.24, 2.45) is 5.92 Å². The van der Waals surface area contributed by atoms with Crippen molar-refractivity contribution >= 4 is 11.8 Å². The highest BCUT2D eigenvalue weighted by Crippen LogP contribution is 2.33. The van der Waals surface area contributed by atoms with Gasteiger partial charge >= 0.3 is 5.97 Å². The average molecular weight is 319 g/mol. The van der Waals surface area contributed by atoms with E-state index in [1.165, 1.54) is 0 Å². The molecule has 0 unspecified atom stereocenters. The molecule has 1 aromatic heterocycles. The van der Waals surface area contributed by atoms with Crippen LogP contribution in [0, 0.1) is 5.92 Å². The van der Waals surface area contributed by atoms with E-state index in [4.69, 9.17) is 9.84 Å². The van der Waals surface area contributed by atoms with Gasteiger partial charge in [-0.15, -0.1) is 0 Å². The molecule has 0 radical (unpaired) electrons. The van der Waals surface area contributed by atoms with Crippen LogP contribution in [0.15, 0.2) is 12.4 Å². The third-order valence-corrected chi connectivity index (χ3v) is 4.98. The number of carboxylic acids is 1. The highest BCUT2D eigenvalue weighted by atomic mass is 16.5. The molecule has 0 spiro atoms. The maximum Gasteiger partial charge on any atom is 0.332 e. The van der Waals surface area contributed by atoms with Gasteiger partial charge in [0, 0.05) is 24.8 Å². The van der Waals surface area contributed by atoms with Gasteiger partial charge in [0.05, 0.1) is 6.10 Å². The van der Waals surface area contributed by atoms with Crippen LogP contribution in [0.1, 0.15) is 51.1 Å². The van der Waals surface area contributed by atoms with Gasteiger partial charge in [-0.1, -0.05) is 13.8 Å². The summed E-state index contributed by atoms with van der Waals surface area (Å²) in [5.74, 6) is 1.03. The Morgan fingerprint density at radius 1 is 1.26 bits per heavy atom. The summed E-state index contributed by atoms with van der Waals surface area (Å²) in [5, 5.41) is 9.04. The quantitative estimate of drug-likeness (QED) is 0.919. The summed E-state index contributed by atoms with van der Waals surface area (Å²) >= 11 is 0. The molecule has 2 fully saturated rings. The van der Waals surface area contributed by atoms with Crippen molar-refractivity contribution in [1.82, 2.24) is 9.97 Å². The number of aromatic nitrogens is 2. The molecular formula is C17H25N3O3. The lowest BCUT2D eigenvalue weighted by Gasteiger charge is -2.35. The second-order valence-electron chi connectivity index (χ2n) is 6.86. The Bertz CT molecular complexity index is 556. The number of anilines is 1. The number of piperidine rings is 1. The molecule has 1 N–H and O–H groups in total. The topological polar surface area (TPSA) is 75.6 Å². The molecule has 0 bridgehead atoms. The normalized spacial score (nSPS) is 26.0. The molecule has 0 saturated carbocycles. The Balaban J connectivity index is 1.56. The molecule has 2 saturated heterocycles. The SMILES string of the molecule is CC(C)c1cc(N2CCC([C@@H]3CC[C@H](C(=O)O)O3)CC2)ncn1. The third-order valence-electron chi connectivity index (χ3n) is 4.98. The average Bonchev–Trinajstić information content (AvgIpc) is 3.05. The number of nitrogens with zero attached hydrogens (tertiary/aromatic N) is 3. The van der Waals surface area contributed by atoms with E-state index in [2.05, 4.69) is 34.8 Å². The zero-order valence-corrected chi connectivity index (χ0v) is 13.8. The van der Waals surface area contributed by atoms with E-state index < -0.39 is 12.1 Å². The molecule has 1 aromatic rings. The van der Waals surface area contributed by atoms with E-state index >= 15 is 0 Å². The molecule has 6 heteroatoms. The molecule has 2 aliphatic heterocycles. The van der Waals surface area contributed by atoms with Gasteiger partial charge in [0.2, 0.25) is 0 Å². The van der Waals surface area contributed by atoms with Gasteiger partial charge in [0.15, 0.2) is 6.10 Å². The van der Waals surface area contributed by atoms with Crippen molar-refractivity contribution in [2.45, 2.75) is 57.7 Å². The largest absolute Gasteiger partial charge is 0.479 e. The van der Waals surface area contributed by atoms with Gasteiger partial charge in [-0.2, -0.15) is 0 Å².